The van der Waals surface area contributed by atoms with Crippen LogP contribution in [-0.4, -0.2) is 12.4 Å². The lowest BCUT2D eigenvalue weighted by Crippen LogP contribution is -2.16. The number of rotatable bonds is 9. The molecule has 0 aromatic heterocycles. The van der Waals surface area contributed by atoms with E-state index in [1.807, 2.05) is 72.8 Å². The summed E-state index contributed by atoms with van der Waals surface area (Å²) in [7, 11) is 0. The molecule has 0 unspecified atom stereocenters. The molecule has 0 spiro atoms. The van der Waals surface area contributed by atoms with Gasteiger partial charge in [0.05, 0.1) is 6.61 Å². The summed E-state index contributed by atoms with van der Waals surface area (Å²) in [5, 5.41) is 0. The minimum Gasteiger partial charge on any atom is -0.494 e. The molecule has 0 aliphatic rings. The number of ketones is 1. The first kappa shape index (κ1) is 23.3. The maximum Gasteiger partial charge on any atom is 0.159 e. The number of Topliss-reactive ketones (excluding diaryl/α,β-unsaturated/α-hetero) is 1. The number of benzene rings is 3. The molecule has 0 saturated heterocycles. The highest BCUT2D eigenvalue weighted by atomic mass is 16.5. The molecule has 0 fully saturated rings. The van der Waals surface area contributed by atoms with Gasteiger partial charge in [0, 0.05) is 11.1 Å². The fourth-order valence-electron chi connectivity index (χ4n) is 3.81. The molecule has 0 heterocycles. The van der Waals surface area contributed by atoms with Gasteiger partial charge >= 0.3 is 0 Å². The molecule has 0 bridgehead atoms. The molecule has 0 aliphatic heterocycles. The summed E-state index contributed by atoms with van der Waals surface area (Å²) < 4.78 is 5.91. The first-order valence-electron chi connectivity index (χ1n) is 11.2. The van der Waals surface area contributed by atoms with Gasteiger partial charge in [-0.1, -0.05) is 86.6 Å². The highest BCUT2D eigenvalue weighted by Gasteiger charge is 2.19. The monoisotopic (exact) mass is 424 g/mol. The van der Waals surface area contributed by atoms with Gasteiger partial charge in [-0.3, -0.25) is 4.79 Å². The lowest BCUT2D eigenvalue weighted by molar-refractivity contribution is 0.101. The lowest BCUT2D eigenvalue weighted by Gasteiger charge is -2.24. The van der Waals surface area contributed by atoms with Gasteiger partial charge in [-0.25, -0.2) is 0 Å². The molecule has 0 amide bonds. The van der Waals surface area contributed by atoms with Crippen molar-refractivity contribution in [3.05, 3.63) is 113 Å². The summed E-state index contributed by atoms with van der Waals surface area (Å²) in [6.45, 7) is 8.97. The Bertz CT molecular complexity index is 1080. The molecule has 2 nitrogen and oxygen atoms in total. The van der Waals surface area contributed by atoms with Crippen molar-refractivity contribution in [2.75, 3.05) is 6.61 Å². The molecule has 0 aliphatic carbocycles. The highest BCUT2D eigenvalue weighted by molar-refractivity contribution is 5.94. The van der Waals surface area contributed by atoms with Crippen LogP contribution in [0.4, 0.5) is 0 Å². The summed E-state index contributed by atoms with van der Waals surface area (Å²) in [5.74, 6) is 0.990. The molecular formula is C30H32O2. The van der Waals surface area contributed by atoms with Crippen molar-refractivity contribution in [3.63, 3.8) is 0 Å². The van der Waals surface area contributed by atoms with Crippen molar-refractivity contribution in [1.29, 1.82) is 0 Å². The number of allylic oxidation sites excluding steroid dienone is 1. The average molecular weight is 425 g/mol. The van der Waals surface area contributed by atoms with Crippen molar-refractivity contribution in [2.24, 2.45) is 5.41 Å². The zero-order valence-electron chi connectivity index (χ0n) is 19.5. The Morgan fingerprint density at radius 1 is 0.781 bits per heavy atom. The van der Waals surface area contributed by atoms with E-state index in [0.717, 1.165) is 40.9 Å². The molecule has 0 N–H and O–H groups in total. The van der Waals surface area contributed by atoms with E-state index in [9.17, 15) is 4.79 Å². The number of hydrogen-bond acceptors (Lipinski definition) is 2. The zero-order valence-corrected chi connectivity index (χ0v) is 19.5. The van der Waals surface area contributed by atoms with Crippen LogP contribution in [0.5, 0.6) is 5.75 Å². The van der Waals surface area contributed by atoms with Crippen molar-refractivity contribution < 1.29 is 9.53 Å². The van der Waals surface area contributed by atoms with E-state index >= 15 is 0 Å². The SMILES string of the molecule is CC(=O)c1ccc(C(=C=C(C)CC(C)(C)CCOc2ccccc2)c2ccccc2)cc1. The summed E-state index contributed by atoms with van der Waals surface area (Å²) in [4.78, 5) is 11.7. The van der Waals surface area contributed by atoms with E-state index < -0.39 is 0 Å². The van der Waals surface area contributed by atoms with Crippen LogP contribution in [0, 0.1) is 5.41 Å². The van der Waals surface area contributed by atoms with E-state index in [2.05, 4.69) is 38.6 Å². The van der Waals surface area contributed by atoms with Crippen LogP contribution >= 0.6 is 0 Å². The highest BCUT2D eigenvalue weighted by Crippen LogP contribution is 2.31. The van der Waals surface area contributed by atoms with E-state index in [4.69, 9.17) is 4.74 Å². The Kier molecular flexibility index (Phi) is 7.87. The molecule has 3 aromatic carbocycles. The second kappa shape index (κ2) is 10.8. The normalized spacial score (nSPS) is 10.9. The summed E-state index contributed by atoms with van der Waals surface area (Å²) in [6.07, 6.45) is 1.88. The molecular weight excluding hydrogens is 392 g/mol. The Morgan fingerprint density at radius 3 is 1.91 bits per heavy atom. The first-order valence-corrected chi connectivity index (χ1v) is 11.2. The van der Waals surface area contributed by atoms with Crippen LogP contribution in [-0.2, 0) is 0 Å². The Morgan fingerprint density at radius 2 is 1.31 bits per heavy atom. The molecule has 2 heteroatoms. The number of ether oxygens (including phenoxy) is 1. The van der Waals surface area contributed by atoms with Crippen LogP contribution in [0.25, 0.3) is 5.57 Å². The van der Waals surface area contributed by atoms with Crippen LogP contribution in [0.2, 0.25) is 0 Å². The van der Waals surface area contributed by atoms with Crippen LogP contribution in [0.15, 0.2) is 96.2 Å². The third kappa shape index (κ3) is 6.83. The molecule has 0 atom stereocenters. The number of para-hydroxylation sites is 1. The molecule has 3 aromatic rings. The van der Waals surface area contributed by atoms with Crippen molar-refractivity contribution in [3.8, 4) is 5.75 Å². The smallest absolute Gasteiger partial charge is 0.159 e. The van der Waals surface area contributed by atoms with Gasteiger partial charge in [-0.05, 0) is 60.9 Å². The van der Waals surface area contributed by atoms with E-state index in [1.165, 1.54) is 5.57 Å². The fourth-order valence-corrected chi connectivity index (χ4v) is 3.81. The molecule has 0 saturated carbocycles. The van der Waals surface area contributed by atoms with E-state index in [0.29, 0.717) is 6.61 Å². The van der Waals surface area contributed by atoms with Gasteiger partial charge in [0.2, 0.25) is 0 Å². The van der Waals surface area contributed by atoms with Gasteiger partial charge < -0.3 is 4.74 Å². The van der Waals surface area contributed by atoms with Crippen LogP contribution in [0.3, 0.4) is 0 Å². The molecule has 0 radical (unpaired) electrons. The number of carbonyl (C=O) groups excluding carboxylic acids is 1. The minimum absolute atomic E-state index is 0.0768. The first-order chi connectivity index (χ1) is 15.3. The standard InChI is InChI=1S/C30H32O2/c1-23(22-30(3,4)19-20-32-28-13-9-6-10-14-28)21-29(26-11-7-5-8-12-26)27-17-15-25(16-18-27)24(2)31/h5-18H,19-20,22H2,1-4H3. The fraction of sp³-hybridized carbons (Fsp3) is 0.267. The van der Waals surface area contributed by atoms with E-state index in [1.54, 1.807) is 6.92 Å². The van der Waals surface area contributed by atoms with Gasteiger partial charge in [-0.15, -0.1) is 5.73 Å². The van der Waals surface area contributed by atoms with Crippen LogP contribution < -0.4 is 4.74 Å². The summed E-state index contributed by atoms with van der Waals surface area (Å²) in [5.41, 5.74) is 8.91. The molecule has 164 valence electrons. The maximum atomic E-state index is 11.7. The summed E-state index contributed by atoms with van der Waals surface area (Å²) in [6, 6.07) is 28.1. The maximum absolute atomic E-state index is 11.7. The van der Waals surface area contributed by atoms with Gasteiger partial charge in [-0.2, -0.15) is 0 Å². The third-order valence-electron chi connectivity index (χ3n) is 5.52. The Labute approximate surface area is 192 Å². The quantitative estimate of drug-likeness (QED) is 0.259. The Hall–Kier alpha value is -3.35. The molecule has 3 rings (SSSR count). The number of hydrogen-bond donors (Lipinski definition) is 0. The number of carbonyl (C=O) groups is 1. The average Bonchev–Trinajstić information content (AvgIpc) is 2.78. The predicted octanol–water partition coefficient (Wildman–Crippen LogP) is 7.75. The third-order valence-corrected chi connectivity index (χ3v) is 5.52. The van der Waals surface area contributed by atoms with Gasteiger partial charge in [0.1, 0.15) is 5.75 Å². The lowest BCUT2D eigenvalue weighted by atomic mass is 9.83. The van der Waals surface area contributed by atoms with Crippen molar-refractivity contribution in [1.82, 2.24) is 0 Å². The second-order valence-corrected chi connectivity index (χ2v) is 9.03. The largest absolute Gasteiger partial charge is 0.494 e. The van der Waals surface area contributed by atoms with E-state index in [-0.39, 0.29) is 11.2 Å². The van der Waals surface area contributed by atoms with Crippen molar-refractivity contribution in [2.45, 2.75) is 40.5 Å². The van der Waals surface area contributed by atoms with Gasteiger partial charge in [0.15, 0.2) is 5.78 Å². The van der Waals surface area contributed by atoms with Crippen molar-refractivity contribution >= 4 is 11.4 Å². The summed E-state index contributed by atoms with van der Waals surface area (Å²) >= 11 is 0. The van der Waals surface area contributed by atoms with Gasteiger partial charge in [0.25, 0.3) is 0 Å². The topological polar surface area (TPSA) is 26.3 Å². The predicted molar refractivity (Wildman–Crippen MR) is 133 cm³/mol. The minimum atomic E-state index is 0.0768. The zero-order chi connectivity index (χ0) is 23.0. The molecule has 32 heavy (non-hydrogen) atoms. The van der Waals surface area contributed by atoms with Crippen LogP contribution in [0.1, 0.15) is 62.0 Å². The second-order valence-electron chi connectivity index (χ2n) is 9.03. The Balaban J connectivity index is 1.82.